The maximum absolute atomic E-state index is 5.96. The first kappa shape index (κ1) is 15.6. The van der Waals surface area contributed by atoms with E-state index in [4.69, 9.17) is 9.47 Å². The van der Waals surface area contributed by atoms with Gasteiger partial charge in [-0.3, -0.25) is 0 Å². The monoisotopic (exact) mass is 304 g/mol. The fraction of sp³-hybridized carbons (Fsp3) is 0.667. The van der Waals surface area contributed by atoms with Gasteiger partial charge in [0, 0.05) is 19.3 Å². The molecule has 0 aromatic heterocycles. The van der Waals surface area contributed by atoms with Crippen molar-refractivity contribution in [2.75, 3.05) is 44.4 Å². The van der Waals surface area contributed by atoms with E-state index in [1.54, 1.807) is 0 Å². The third-order valence-electron chi connectivity index (χ3n) is 4.95. The molecule has 4 heteroatoms. The molecule has 0 radical (unpaired) electrons. The lowest BCUT2D eigenvalue weighted by Gasteiger charge is -2.40. The van der Waals surface area contributed by atoms with Crippen LogP contribution in [0.3, 0.4) is 0 Å². The molecule has 1 saturated heterocycles. The van der Waals surface area contributed by atoms with Crippen LogP contribution in [0.5, 0.6) is 5.75 Å². The summed E-state index contributed by atoms with van der Waals surface area (Å²) in [7, 11) is 0. The summed E-state index contributed by atoms with van der Waals surface area (Å²) in [5.74, 6) is 1.09. The first-order valence-corrected chi connectivity index (χ1v) is 8.25. The largest absolute Gasteiger partial charge is 0.490 e. The van der Waals surface area contributed by atoms with Gasteiger partial charge in [-0.25, -0.2) is 0 Å². The summed E-state index contributed by atoms with van der Waals surface area (Å²) >= 11 is 0. The van der Waals surface area contributed by atoms with Crippen LogP contribution in [0, 0.1) is 0 Å². The smallest absolute Gasteiger partial charge is 0.142 e. The van der Waals surface area contributed by atoms with Crippen molar-refractivity contribution >= 4 is 5.69 Å². The molecule has 0 amide bonds. The van der Waals surface area contributed by atoms with Crippen molar-refractivity contribution < 1.29 is 9.47 Å². The molecular formula is C18H28N2O2. The summed E-state index contributed by atoms with van der Waals surface area (Å²) < 4.78 is 11.5. The van der Waals surface area contributed by atoms with Crippen LogP contribution in [0.4, 0.5) is 5.69 Å². The zero-order valence-corrected chi connectivity index (χ0v) is 12.6. The zero-order chi connectivity index (χ0) is 14.1. The Morgan fingerprint density at radius 1 is 1.00 bits per heavy atom. The Morgan fingerprint density at radius 2 is 1.73 bits per heavy atom. The van der Waals surface area contributed by atoms with E-state index in [1.807, 2.05) is 0 Å². The Kier molecular flexibility index (Phi) is 4.89. The number of benzene rings is 1. The number of anilines is 1. The second-order valence-electron chi connectivity index (χ2n) is 6.22. The molecule has 3 aliphatic heterocycles. The quantitative estimate of drug-likeness (QED) is 0.864. The number of hydrogen-bond donors (Lipinski definition) is 1. The average molecular weight is 304 g/mol. The van der Waals surface area contributed by atoms with Gasteiger partial charge in [-0.1, -0.05) is 7.43 Å². The van der Waals surface area contributed by atoms with Crippen LogP contribution in [0.1, 0.15) is 31.4 Å². The second kappa shape index (κ2) is 6.88. The van der Waals surface area contributed by atoms with Crippen LogP contribution in [0.15, 0.2) is 12.1 Å². The average Bonchev–Trinajstić information content (AvgIpc) is 2.78. The lowest BCUT2D eigenvalue weighted by Crippen LogP contribution is -2.44. The van der Waals surface area contributed by atoms with Crippen molar-refractivity contribution in [2.45, 2.75) is 39.2 Å². The van der Waals surface area contributed by atoms with Crippen molar-refractivity contribution in [3.05, 3.63) is 23.3 Å². The van der Waals surface area contributed by atoms with Gasteiger partial charge in [0.15, 0.2) is 0 Å². The molecule has 0 atom stereocenters. The van der Waals surface area contributed by atoms with Crippen molar-refractivity contribution in [3.63, 3.8) is 0 Å². The molecule has 1 fully saturated rings. The molecule has 4 nitrogen and oxygen atoms in total. The molecule has 3 heterocycles. The number of hydrogen-bond acceptors (Lipinski definition) is 4. The molecule has 0 bridgehead atoms. The predicted molar refractivity (Wildman–Crippen MR) is 90.1 cm³/mol. The summed E-state index contributed by atoms with van der Waals surface area (Å²) in [5.41, 5.74) is 4.28. The minimum Gasteiger partial charge on any atom is -0.490 e. The Balaban J connectivity index is 0.00000144. The summed E-state index contributed by atoms with van der Waals surface area (Å²) in [5, 5.41) is 3.49. The van der Waals surface area contributed by atoms with Gasteiger partial charge in [-0.2, -0.15) is 0 Å². The molecule has 0 unspecified atom stereocenters. The highest BCUT2D eigenvalue weighted by Gasteiger charge is 2.28. The van der Waals surface area contributed by atoms with Crippen molar-refractivity contribution in [1.29, 1.82) is 0 Å². The Bertz CT molecular complexity index is 512. The van der Waals surface area contributed by atoms with Gasteiger partial charge in [-0.15, -0.1) is 0 Å². The van der Waals surface area contributed by atoms with Gasteiger partial charge in [0.2, 0.25) is 0 Å². The highest BCUT2D eigenvalue weighted by molar-refractivity contribution is 5.64. The first-order valence-electron chi connectivity index (χ1n) is 8.25. The van der Waals surface area contributed by atoms with E-state index in [0.29, 0.717) is 6.04 Å². The number of rotatable bonds is 1. The third-order valence-corrected chi connectivity index (χ3v) is 4.95. The van der Waals surface area contributed by atoms with Crippen molar-refractivity contribution in [2.24, 2.45) is 0 Å². The predicted octanol–water partition coefficient (Wildman–Crippen LogP) is 2.39. The summed E-state index contributed by atoms with van der Waals surface area (Å²) in [6.45, 7) is 5.77. The van der Waals surface area contributed by atoms with Crippen molar-refractivity contribution in [1.82, 2.24) is 5.32 Å². The van der Waals surface area contributed by atoms with E-state index in [-0.39, 0.29) is 7.43 Å². The van der Waals surface area contributed by atoms with Gasteiger partial charge < -0.3 is 19.7 Å². The molecule has 0 saturated carbocycles. The number of nitrogens with one attached hydrogen (secondary N) is 1. The van der Waals surface area contributed by atoms with Crippen LogP contribution >= 0.6 is 0 Å². The van der Waals surface area contributed by atoms with Gasteiger partial charge in [0.1, 0.15) is 12.4 Å². The lowest BCUT2D eigenvalue weighted by atomic mass is 9.98. The van der Waals surface area contributed by atoms with Crippen LogP contribution in [-0.2, 0) is 17.6 Å². The Morgan fingerprint density at radius 3 is 2.50 bits per heavy atom. The molecule has 0 aliphatic carbocycles. The second-order valence-corrected chi connectivity index (χ2v) is 6.22. The molecule has 1 aromatic carbocycles. The topological polar surface area (TPSA) is 33.7 Å². The molecule has 1 N–H and O–H groups in total. The van der Waals surface area contributed by atoms with Crippen molar-refractivity contribution in [3.8, 4) is 5.75 Å². The standard InChI is InChI=1S/C17H24N2O2.CH4/c1-5-18-6-2-14-12-17-16(11-13(1)14)19(7-10-21-17)15-3-8-20-9-4-15;/h11-12,15,18H,1-10H2;1H4. The number of ether oxygens (including phenoxy) is 2. The van der Waals surface area contributed by atoms with Gasteiger partial charge in [0.05, 0.1) is 12.2 Å². The van der Waals surface area contributed by atoms with Gasteiger partial charge in [-0.05, 0) is 62.0 Å². The summed E-state index contributed by atoms with van der Waals surface area (Å²) in [6.07, 6.45) is 4.52. The molecule has 122 valence electrons. The maximum Gasteiger partial charge on any atom is 0.142 e. The van der Waals surface area contributed by atoms with Gasteiger partial charge >= 0.3 is 0 Å². The fourth-order valence-electron chi connectivity index (χ4n) is 3.78. The summed E-state index contributed by atoms with van der Waals surface area (Å²) in [6, 6.07) is 5.30. The number of nitrogens with zero attached hydrogens (tertiary/aromatic N) is 1. The van der Waals surface area contributed by atoms with Crippen LogP contribution in [0.25, 0.3) is 0 Å². The van der Waals surface area contributed by atoms with Crippen LogP contribution in [0.2, 0.25) is 0 Å². The Hall–Kier alpha value is -1.26. The Labute approximate surface area is 133 Å². The highest BCUT2D eigenvalue weighted by atomic mass is 16.5. The number of fused-ring (bicyclic) bond motifs is 2. The van der Waals surface area contributed by atoms with Crippen LogP contribution in [-0.4, -0.2) is 45.5 Å². The maximum atomic E-state index is 5.96. The summed E-state index contributed by atoms with van der Waals surface area (Å²) in [4.78, 5) is 2.57. The minimum atomic E-state index is 0. The highest BCUT2D eigenvalue weighted by Crippen LogP contribution is 2.37. The SMILES string of the molecule is C.c1c2c(cc3c1OCCN3C1CCOCC1)CCNCC2. The van der Waals surface area contributed by atoms with E-state index in [2.05, 4.69) is 22.3 Å². The van der Waals surface area contributed by atoms with E-state index >= 15 is 0 Å². The third kappa shape index (κ3) is 2.95. The minimum absolute atomic E-state index is 0. The first-order chi connectivity index (χ1) is 10.4. The molecule has 3 aliphatic rings. The molecular weight excluding hydrogens is 276 g/mol. The van der Waals surface area contributed by atoms with E-state index in [0.717, 1.165) is 70.9 Å². The normalized spacial score (nSPS) is 21.9. The van der Waals surface area contributed by atoms with E-state index in [1.165, 1.54) is 16.8 Å². The lowest BCUT2D eigenvalue weighted by molar-refractivity contribution is 0.0827. The molecule has 1 aromatic rings. The molecule has 22 heavy (non-hydrogen) atoms. The van der Waals surface area contributed by atoms with Gasteiger partial charge in [0.25, 0.3) is 0 Å². The van der Waals surface area contributed by atoms with E-state index < -0.39 is 0 Å². The van der Waals surface area contributed by atoms with E-state index in [9.17, 15) is 0 Å². The molecule has 0 spiro atoms. The fourth-order valence-corrected chi connectivity index (χ4v) is 3.78. The zero-order valence-electron chi connectivity index (χ0n) is 12.6. The van der Waals surface area contributed by atoms with Crippen LogP contribution < -0.4 is 15.0 Å². The molecule has 4 rings (SSSR count).